The van der Waals surface area contributed by atoms with Gasteiger partial charge in [0.2, 0.25) is 0 Å². The molecule has 1 aromatic heterocycles. The predicted octanol–water partition coefficient (Wildman–Crippen LogP) is 5.46. The Morgan fingerprint density at radius 3 is 2.89 bits per heavy atom. The summed E-state index contributed by atoms with van der Waals surface area (Å²) < 4.78 is 6.94. The third-order valence-corrected chi connectivity index (χ3v) is 6.86. The van der Waals surface area contributed by atoms with E-state index in [9.17, 15) is 4.79 Å². The zero-order valence-electron chi connectivity index (χ0n) is 16.4. The largest absolute Gasteiger partial charge is 0.376 e. The van der Waals surface area contributed by atoms with Gasteiger partial charge in [0, 0.05) is 17.1 Å². The van der Waals surface area contributed by atoms with Gasteiger partial charge in [0.1, 0.15) is 0 Å². The summed E-state index contributed by atoms with van der Waals surface area (Å²) >= 11 is 3.29. The number of aromatic nitrogens is 1. The van der Waals surface area contributed by atoms with Crippen LogP contribution in [0.5, 0.6) is 0 Å². The summed E-state index contributed by atoms with van der Waals surface area (Å²) in [6.45, 7) is 5.32. The van der Waals surface area contributed by atoms with Crippen molar-refractivity contribution in [2.24, 2.45) is 0 Å². The lowest BCUT2D eigenvalue weighted by Gasteiger charge is -2.24. The maximum atomic E-state index is 13.5. The van der Waals surface area contributed by atoms with Crippen LogP contribution in [0.2, 0.25) is 0 Å². The Morgan fingerprint density at radius 1 is 1.29 bits per heavy atom. The van der Waals surface area contributed by atoms with E-state index in [4.69, 9.17) is 9.72 Å². The molecule has 0 N–H and O–H groups in total. The van der Waals surface area contributed by atoms with Gasteiger partial charge in [0.25, 0.3) is 5.91 Å². The second kappa shape index (κ2) is 8.23. The number of carbonyl (C=O) groups excluding carboxylic acids is 1. The SMILES string of the molecule is CSc1ccc2nc(N(C[C@H]3CCCO3)C(=O)c3cc(C)ccc3C)sc2c1. The number of anilines is 1. The van der Waals surface area contributed by atoms with Crippen LogP contribution < -0.4 is 4.90 Å². The number of hydrogen-bond acceptors (Lipinski definition) is 5. The Kier molecular flexibility index (Phi) is 5.71. The number of thiazole rings is 1. The van der Waals surface area contributed by atoms with E-state index in [1.807, 2.05) is 43.0 Å². The lowest BCUT2D eigenvalue weighted by molar-refractivity contribution is 0.0917. The first-order valence-corrected chi connectivity index (χ1v) is 11.5. The summed E-state index contributed by atoms with van der Waals surface area (Å²) in [5.41, 5.74) is 3.74. The number of ether oxygens (including phenoxy) is 1. The number of thioether (sulfide) groups is 1. The molecule has 2 heterocycles. The summed E-state index contributed by atoms with van der Waals surface area (Å²) in [4.78, 5) is 21.4. The highest BCUT2D eigenvalue weighted by Crippen LogP contribution is 2.33. The normalized spacial score (nSPS) is 16.6. The van der Waals surface area contributed by atoms with E-state index in [0.717, 1.165) is 51.5 Å². The van der Waals surface area contributed by atoms with Crippen LogP contribution in [0, 0.1) is 13.8 Å². The Bertz CT molecular complexity index is 1010. The van der Waals surface area contributed by atoms with Gasteiger partial charge in [-0.2, -0.15) is 0 Å². The van der Waals surface area contributed by atoms with E-state index in [1.165, 1.54) is 4.90 Å². The van der Waals surface area contributed by atoms with Crippen LogP contribution in [0.1, 0.15) is 34.3 Å². The highest BCUT2D eigenvalue weighted by molar-refractivity contribution is 7.98. The quantitative estimate of drug-likeness (QED) is 0.522. The van der Waals surface area contributed by atoms with Gasteiger partial charge in [-0.05, 0) is 62.8 Å². The first-order valence-electron chi connectivity index (χ1n) is 9.50. The van der Waals surface area contributed by atoms with Gasteiger partial charge in [0.15, 0.2) is 5.13 Å². The van der Waals surface area contributed by atoms with Gasteiger partial charge in [-0.1, -0.05) is 29.0 Å². The minimum absolute atomic E-state index is 0.000783. The molecule has 28 heavy (non-hydrogen) atoms. The number of fused-ring (bicyclic) bond motifs is 1. The monoisotopic (exact) mass is 412 g/mol. The van der Waals surface area contributed by atoms with E-state index in [2.05, 4.69) is 18.4 Å². The predicted molar refractivity (Wildman–Crippen MR) is 118 cm³/mol. The van der Waals surface area contributed by atoms with Gasteiger partial charge in [-0.25, -0.2) is 4.98 Å². The first-order chi connectivity index (χ1) is 13.5. The maximum Gasteiger partial charge on any atom is 0.260 e. The number of carbonyl (C=O) groups is 1. The lowest BCUT2D eigenvalue weighted by Crippen LogP contribution is -2.37. The molecule has 1 saturated heterocycles. The smallest absolute Gasteiger partial charge is 0.260 e. The average molecular weight is 413 g/mol. The molecule has 2 aromatic carbocycles. The summed E-state index contributed by atoms with van der Waals surface area (Å²) in [6, 6.07) is 12.3. The van der Waals surface area contributed by atoms with Gasteiger partial charge in [0.05, 0.1) is 22.9 Å². The highest BCUT2D eigenvalue weighted by Gasteiger charge is 2.27. The molecular weight excluding hydrogens is 388 g/mol. The van der Waals surface area contributed by atoms with Crippen molar-refractivity contribution in [2.45, 2.75) is 37.7 Å². The van der Waals surface area contributed by atoms with E-state index >= 15 is 0 Å². The molecule has 4 rings (SSSR count). The zero-order chi connectivity index (χ0) is 19.7. The van der Waals surface area contributed by atoms with Crippen molar-refractivity contribution in [1.29, 1.82) is 0 Å². The van der Waals surface area contributed by atoms with E-state index in [1.54, 1.807) is 23.1 Å². The molecule has 6 heteroatoms. The molecule has 1 aliphatic heterocycles. The van der Waals surface area contributed by atoms with Crippen LogP contribution in [-0.4, -0.2) is 36.4 Å². The van der Waals surface area contributed by atoms with Gasteiger partial charge in [-0.3, -0.25) is 9.69 Å². The van der Waals surface area contributed by atoms with Crippen molar-refractivity contribution in [3.05, 3.63) is 53.1 Å². The molecule has 1 fully saturated rings. The summed E-state index contributed by atoms with van der Waals surface area (Å²) in [5, 5.41) is 0.745. The van der Waals surface area contributed by atoms with Crippen LogP contribution >= 0.6 is 23.1 Å². The van der Waals surface area contributed by atoms with E-state index in [0.29, 0.717) is 6.54 Å². The highest BCUT2D eigenvalue weighted by atomic mass is 32.2. The Hall–Kier alpha value is -1.89. The lowest BCUT2D eigenvalue weighted by atomic mass is 10.0. The van der Waals surface area contributed by atoms with Crippen molar-refractivity contribution in [1.82, 2.24) is 4.98 Å². The van der Waals surface area contributed by atoms with Gasteiger partial charge in [-0.15, -0.1) is 11.8 Å². The fraction of sp³-hybridized carbons (Fsp3) is 0.364. The van der Waals surface area contributed by atoms with E-state index in [-0.39, 0.29) is 12.0 Å². The molecule has 0 unspecified atom stereocenters. The molecule has 1 atom stereocenters. The first kappa shape index (κ1) is 19.4. The van der Waals surface area contributed by atoms with Crippen molar-refractivity contribution in [3.8, 4) is 0 Å². The molecule has 0 radical (unpaired) electrons. The molecule has 146 valence electrons. The third-order valence-electron chi connectivity index (χ3n) is 5.09. The van der Waals surface area contributed by atoms with Crippen LogP contribution in [0.4, 0.5) is 5.13 Å². The minimum atomic E-state index is 0.000783. The van der Waals surface area contributed by atoms with Crippen LogP contribution in [0.3, 0.4) is 0 Å². The molecule has 0 bridgehead atoms. The van der Waals surface area contributed by atoms with Crippen molar-refractivity contribution in [2.75, 3.05) is 24.3 Å². The molecule has 1 amide bonds. The van der Waals surface area contributed by atoms with Crippen LogP contribution in [0.25, 0.3) is 10.2 Å². The van der Waals surface area contributed by atoms with Crippen molar-refractivity contribution >= 4 is 44.4 Å². The minimum Gasteiger partial charge on any atom is -0.376 e. The second-order valence-corrected chi connectivity index (χ2v) is 9.09. The number of benzene rings is 2. The number of aryl methyl sites for hydroxylation is 2. The molecule has 3 aromatic rings. The van der Waals surface area contributed by atoms with Crippen molar-refractivity contribution in [3.63, 3.8) is 0 Å². The Labute approximate surface area is 173 Å². The number of hydrogen-bond donors (Lipinski definition) is 0. The topological polar surface area (TPSA) is 42.4 Å². The number of amides is 1. The summed E-state index contributed by atoms with van der Waals surface area (Å²) in [5.74, 6) is 0.000783. The maximum absolute atomic E-state index is 13.5. The molecular formula is C22H24N2O2S2. The van der Waals surface area contributed by atoms with Crippen LogP contribution in [0.15, 0.2) is 41.3 Å². The van der Waals surface area contributed by atoms with Crippen molar-refractivity contribution < 1.29 is 9.53 Å². The van der Waals surface area contributed by atoms with Gasteiger partial charge >= 0.3 is 0 Å². The molecule has 0 aliphatic carbocycles. The molecule has 1 aliphatic rings. The second-order valence-electron chi connectivity index (χ2n) is 7.20. The summed E-state index contributed by atoms with van der Waals surface area (Å²) in [7, 11) is 0. The fourth-order valence-electron chi connectivity index (χ4n) is 3.49. The summed E-state index contributed by atoms with van der Waals surface area (Å²) in [6.07, 6.45) is 4.17. The third kappa shape index (κ3) is 3.95. The van der Waals surface area contributed by atoms with E-state index < -0.39 is 0 Å². The average Bonchev–Trinajstić information content (AvgIpc) is 3.36. The van der Waals surface area contributed by atoms with Gasteiger partial charge < -0.3 is 4.74 Å². The van der Waals surface area contributed by atoms with Crippen LogP contribution in [-0.2, 0) is 4.74 Å². The Morgan fingerprint density at radius 2 is 2.14 bits per heavy atom. The number of rotatable bonds is 5. The zero-order valence-corrected chi connectivity index (χ0v) is 18.0. The Balaban J connectivity index is 1.74. The fourth-order valence-corrected chi connectivity index (χ4v) is 5.01. The standard InChI is InChI=1S/C22H24N2O2S2/c1-14-6-7-15(2)18(11-14)21(25)24(13-16-5-4-10-26-16)22-23-19-9-8-17(27-3)12-20(19)28-22/h6-9,11-12,16H,4-5,10,13H2,1-3H3/t16-/m1/s1. The number of nitrogens with zero attached hydrogens (tertiary/aromatic N) is 2. The molecule has 0 spiro atoms. The molecule has 0 saturated carbocycles. The molecule has 4 nitrogen and oxygen atoms in total.